The molecule has 4 heterocycles. The van der Waals surface area contributed by atoms with E-state index in [4.69, 9.17) is 14.5 Å². The van der Waals surface area contributed by atoms with Crippen LogP contribution in [0.2, 0.25) is 0 Å². The molecule has 14 heteroatoms. The molecule has 52 heavy (non-hydrogen) atoms. The van der Waals surface area contributed by atoms with Gasteiger partial charge in [0.05, 0.1) is 43.0 Å². The Kier molecular flexibility index (Phi) is 10.5. The maximum Gasteiger partial charge on any atom is 0.417 e. The highest BCUT2D eigenvalue weighted by molar-refractivity contribution is 8.15. The number of aromatic nitrogens is 2. The zero-order chi connectivity index (χ0) is 36.0. The summed E-state index contributed by atoms with van der Waals surface area (Å²) in [4.78, 5) is 71.2. The maximum absolute atomic E-state index is 14.0. The number of nitrogens with one attached hydrogen (secondary N) is 1. The lowest BCUT2D eigenvalue weighted by Crippen LogP contribution is -2.45. The van der Waals surface area contributed by atoms with Crippen LogP contribution in [0.15, 0.2) is 96.2 Å². The van der Waals surface area contributed by atoms with Crippen LogP contribution < -0.4 is 10.2 Å². The number of rotatable bonds is 9. The molecule has 4 amide bonds. The summed E-state index contributed by atoms with van der Waals surface area (Å²) in [5.74, 6) is -1.11. The van der Waals surface area contributed by atoms with Gasteiger partial charge in [-0.3, -0.25) is 29.3 Å². The minimum atomic E-state index is -0.998. The van der Waals surface area contributed by atoms with Gasteiger partial charge in [0.1, 0.15) is 17.9 Å². The molecule has 2 atom stereocenters. The molecule has 3 fully saturated rings. The maximum atomic E-state index is 14.0. The molecular weight excluding hydrogens is 683 g/mol. The van der Waals surface area contributed by atoms with Gasteiger partial charge in [-0.05, 0) is 60.9 Å². The van der Waals surface area contributed by atoms with E-state index in [1.54, 1.807) is 53.7 Å². The molecule has 3 aliphatic rings. The van der Waals surface area contributed by atoms with Crippen LogP contribution in [-0.4, -0.2) is 81.1 Å². The van der Waals surface area contributed by atoms with Crippen LogP contribution in [0.5, 0.6) is 0 Å². The van der Waals surface area contributed by atoms with E-state index < -0.39 is 29.2 Å². The number of benzene rings is 3. The fourth-order valence-electron chi connectivity index (χ4n) is 6.15. The molecule has 13 nitrogen and oxygen atoms in total. The predicted octanol–water partition coefficient (Wildman–Crippen LogP) is 5.39. The van der Waals surface area contributed by atoms with E-state index in [1.807, 2.05) is 49.4 Å². The largest absolute Gasteiger partial charge is 0.444 e. The molecule has 0 radical (unpaired) electrons. The molecule has 3 aromatic carbocycles. The van der Waals surface area contributed by atoms with Crippen molar-refractivity contribution >= 4 is 57.8 Å². The van der Waals surface area contributed by atoms with Gasteiger partial charge in [-0.15, -0.1) is 0 Å². The van der Waals surface area contributed by atoms with Crippen molar-refractivity contribution < 1.29 is 28.7 Å². The summed E-state index contributed by atoms with van der Waals surface area (Å²) in [5, 5.41) is 2.77. The highest BCUT2D eigenvalue weighted by atomic mass is 32.2. The molecule has 7 rings (SSSR count). The van der Waals surface area contributed by atoms with Crippen molar-refractivity contribution in [3.8, 4) is 0 Å². The number of morpholine rings is 1. The van der Waals surface area contributed by atoms with E-state index in [0.717, 1.165) is 46.2 Å². The lowest BCUT2D eigenvalue weighted by Gasteiger charge is -2.28. The fourth-order valence-corrected chi connectivity index (χ4v) is 7.32. The quantitative estimate of drug-likeness (QED) is 0.239. The number of aryl methyl sites for hydroxylation is 1. The molecule has 266 valence electrons. The third-order valence-corrected chi connectivity index (χ3v) is 10.2. The zero-order valence-electron chi connectivity index (χ0n) is 28.5. The van der Waals surface area contributed by atoms with E-state index in [1.165, 1.54) is 11.8 Å². The number of thioether (sulfide) groups is 1. The van der Waals surface area contributed by atoms with Gasteiger partial charge in [0.25, 0.3) is 0 Å². The smallest absolute Gasteiger partial charge is 0.417 e. The first-order valence-corrected chi connectivity index (χ1v) is 17.9. The van der Waals surface area contributed by atoms with Gasteiger partial charge in [0, 0.05) is 37.1 Å². The molecule has 0 bridgehead atoms. The first kappa shape index (κ1) is 34.8. The van der Waals surface area contributed by atoms with E-state index in [-0.39, 0.29) is 31.9 Å². The van der Waals surface area contributed by atoms with E-state index in [9.17, 15) is 19.2 Å². The van der Waals surface area contributed by atoms with Crippen LogP contribution in [0.4, 0.5) is 21.9 Å². The fraction of sp³-hybridized carbons (Fsp3) is 0.289. The average Bonchev–Trinajstić information content (AvgIpc) is 3.71. The normalized spacial score (nSPS) is 19.7. The van der Waals surface area contributed by atoms with Crippen molar-refractivity contribution in [3.63, 3.8) is 0 Å². The van der Waals surface area contributed by atoms with Crippen molar-refractivity contribution in [2.75, 3.05) is 36.5 Å². The van der Waals surface area contributed by atoms with Crippen molar-refractivity contribution in [1.29, 1.82) is 0 Å². The highest BCUT2D eigenvalue weighted by Crippen LogP contribution is 2.41. The van der Waals surface area contributed by atoms with Crippen LogP contribution in [0.25, 0.3) is 0 Å². The zero-order valence-corrected chi connectivity index (χ0v) is 29.3. The monoisotopic (exact) mass is 719 g/mol. The Labute approximate surface area is 305 Å². The number of aliphatic imine (C=N–C) groups is 1. The van der Waals surface area contributed by atoms with Crippen LogP contribution in [0.1, 0.15) is 40.6 Å². The Bertz CT molecular complexity index is 1950. The van der Waals surface area contributed by atoms with Crippen LogP contribution >= 0.6 is 11.8 Å². The molecule has 1 N–H and O–H groups in total. The molecule has 1 aromatic heterocycles. The predicted molar refractivity (Wildman–Crippen MR) is 196 cm³/mol. The van der Waals surface area contributed by atoms with Crippen molar-refractivity contribution in [1.82, 2.24) is 19.8 Å². The van der Waals surface area contributed by atoms with E-state index in [2.05, 4.69) is 20.2 Å². The van der Waals surface area contributed by atoms with Crippen LogP contribution in [0.3, 0.4) is 0 Å². The van der Waals surface area contributed by atoms with Crippen molar-refractivity contribution in [2.45, 2.75) is 44.2 Å². The van der Waals surface area contributed by atoms with Gasteiger partial charge in [0.2, 0.25) is 17.7 Å². The summed E-state index contributed by atoms with van der Waals surface area (Å²) in [6, 6.07) is 23.0. The molecule has 0 aliphatic carbocycles. The summed E-state index contributed by atoms with van der Waals surface area (Å²) in [6.45, 7) is 5.10. The first-order chi connectivity index (χ1) is 25.3. The third kappa shape index (κ3) is 7.98. The SMILES string of the molecule is Cc1cnc(CN2C(=O)C(c3ccc(NC(=O)[C@@H]4CCC(=O)N4C(=O)OCc4ccccc4)cc3)SC2=Nc2ccc(N3CCOCC3)cc2)cn1. The summed E-state index contributed by atoms with van der Waals surface area (Å²) >= 11 is 1.34. The highest BCUT2D eigenvalue weighted by Gasteiger charge is 2.42. The minimum Gasteiger partial charge on any atom is -0.444 e. The van der Waals surface area contributed by atoms with Gasteiger partial charge in [0.15, 0.2) is 5.17 Å². The van der Waals surface area contributed by atoms with Crippen LogP contribution in [-0.2, 0) is 37.0 Å². The second-order valence-corrected chi connectivity index (χ2v) is 13.6. The summed E-state index contributed by atoms with van der Waals surface area (Å²) in [7, 11) is 0. The van der Waals surface area contributed by atoms with Gasteiger partial charge in [-0.1, -0.05) is 54.2 Å². The summed E-state index contributed by atoms with van der Waals surface area (Å²) in [5.41, 5.74) is 5.18. The standard InChI is InChI=1S/C38H37N7O6S/c1-25-21-40-30(22-39-25)23-44-36(48)34(52-37(44)42-29-11-13-31(14-12-29)43-17-19-50-20-18-43)27-7-9-28(10-8-27)41-35(47)32-15-16-33(46)45(32)38(49)51-24-26-5-3-2-4-6-26/h2-14,21-22,32,34H,15-20,23-24H2,1H3,(H,41,47)/t32-,34?/m0/s1. The van der Waals surface area contributed by atoms with Gasteiger partial charge in [-0.2, -0.15) is 0 Å². The molecule has 1 unspecified atom stereocenters. The number of carbonyl (C=O) groups excluding carboxylic acids is 4. The van der Waals surface area contributed by atoms with Crippen molar-refractivity contribution in [2.24, 2.45) is 4.99 Å². The number of nitrogens with zero attached hydrogens (tertiary/aromatic N) is 6. The van der Waals surface area contributed by atoms with E-state index >= 15 is 0 Å². The second kappa shape index (κ2) is 15.7. The number of anilines is 2. The average molecular weight is 720 g/mol. The Morgan fingerprint density at radius 3 is 2.42 bits per heavy atom. The molecular formula is C38H37N7O6S. The second-order valence-electron chi connectivity index (χ2n) is 12.6. The topological polar surface area (TPSA) is 147 Å². The molecule has 4 aromatic rings. The van der Waals surface area contributed by atoms with Gasteiger partial charge in [-0.25, -0.2) is 14.7 Å². The lowest BCUT2D eigenvalue weighted by molar-refractivity contribution is -0.131. The molecule has 3 saturated heterocycles. The van der Waals surface area contributed by atoms with E-state index in [0.29, 0.717) is 29.8 Å². The molecule has 0 spiro atoms. The number of hydrogen-bond donors (Lipinski definition) is 1. The number of amides is 4. The Balaban J connectivity index is 1.04. The van der Waals surface area contributed by atoms with Crippen molar-refractivity contribution in [3.05, 3.63) is 114 Å². The minimum absolute atomic E-state index is 0.0133. The summed E-state index contributed by atoms with van der Waals surface area (Å²) < 4.78 is 10.8. The number of amidine groups is 1. The number of ether oxygens (including phenoxy) is 2. The van der Waals surface area contributed by atoms with Gasteiger partial charge >= 0.3 is 6.09 Å². The Morgan fingerprint density at radius 2 is 1.71 bits per heavy atom. The molecule has 0 saturated carbocycles. The lowest BCUT2D eigenvalue weighted by atomic mass is 10.1. The molecule has 3 aliphatic heterocycles. The van der Waals surface area contributed by atoms with Gasteiger partial charge < -0.3 is 19.7 Å². The number of imide groups is 1. The number of likely N-dealkylation sites (tertiary alicyclic amines) is 1. The Morgan fingerprint density at radius 1 is 0.962 bits per heavy atom. The number of hydrogen-bond acceptors (Lipinski definition) is 11. The first-order valence-electron chi connectivity index (χ1n) is 17.0. The number of carbonyl (C=O) groups is 4. The third-order valence-electron chi connectivity index (χ3n) is 8.95. The summed E-state index contributed by atoms with van der Waals surface area (Å²) in [6.07, 6.45) is 2.73. The van der Waals surface area contributed by atoms with Crippen LogP contribution in [0, 0.1) is 6.92 Å². The Hall–Kier alpha value is -5.60.